The second-order valence-corrected chi connectivity index (χ2v) is 5.92. The van der Waals surface area contributed by atoms with E-state index in [-0.39, 0.29) is 24.7 Å². The summed E-state index contributed by atoms with van der Waals surface area (Å²) in [5.74, 6) is -0.303. The van der Waals surface area contributed by atoms with Gasteiger partial charge in [0.2, 0.25) is 0 Å². The van der Waals surface area contributed by atoms with E-state index >= 15 is 0 Å². The van der Waals surface area contributed by atoms with E-state index in [2.05, 4.69) is 5.32 Å². The van der Waals surface area contributed by atoms with Crippen LogP contribution in [0.2, 0.25) is 0 Å². The zero-order chi connectivity index (χ0) is 19.1. The van der Waals surface area contributed by atoms with Gasteiger partial charge in [0.15, 0.2) is 5.76 Å². The third-order valence-corrected chi connectivity index (χ3v) is 3.93. The quantitative estimate of drug-likeness (QED) is 0.627. The van der Waals surface area contributed by atoms with E-state index in [1.54, 1.807) is 30.3 Å². The van der Waals surface area contributed by atoms with Crippen LogP contribution in [0.15, 0.2) is 71.3 Å². The molecule has 2 aromatic carbocycles. The lowest BCUT2D eigenvalue weighted by molar-refractivity contribution is -0.136. The number of hydrogen-bond acceptors (Lipinski definition) is 4. The average molecular weight is 365 g/mol. The summed E-state index contributed by atoms with van der Waals surface area (Å²) in [6, 6.07) is 18.1. The number of furan rings is 1. The van der Waals surface area contributed by atoms with Crippen LogP contribution in [-0.2, 0) is 17.8 Å². The van der Waals surface area contributed by atoms with Crippen molar-refractivity contribution in [3.63, 3.8) is 0 Å². The first-order valence-corrected chi connectivity index (χ1v) is 8.48. The first-order chi connectivity index (χ1) is 13.1. The van der Waals surface area contributed by atoms with Crippen LogP contribution in [0, 0.1) is 0 Å². The molecule has 27 heavy (non-hydrogen) atoms. The number of anilines is 1. The Morgan fingerprint density at radius 2 is 1.74 bits per heavy atom. The van der Waals surface area contributed by atoms with E-state index in [0.717, 1.165) is 5.56 Å². The molecule has 0 saturated carbocycles. The van der Waals surface area contributed by atoms with Crippen molar-refractivity contribution >= 4 is 17.6 Å². The lowest BCUT2D eigenvalue weighted by Crippen LogP contribution is -2.13. The molecule has 2 N–H and O–H groups in total. The summed E-state index contributed by atoms with van der Waals surface area (Å²) in [7, 11) is 0. The number of aliphatic carboxylic acids is 1. The largest absolute Gasteiger partial charge is 0.489 e. The fraction of sp³-hybridized carbons (Fsp3) is 0.143. The summed E-state index contributed by atoms with van der Waals surface area (Å²) in [5, 5.41) is 11.5. The molecule has 0 aliphatic carbocycles. The lowest BCUT2D eigenvalue weighted by Gasteiger charge is -2.08. The van der Waals surface area contributed by atoms with Crippen molar-refractivity contribution in [2.45, 2.75) is 19.4 Å². The molecule has 3 rings (SSSR count). The van der Waals surface area contributed by atoms with Gasteiger partial charge in [-0.2, -0.15) is 0 Å². The molecule has 0 atom stereocenters. The number of carboxylic acids is 1. The molecule has 1 aromatic heterocycles. The van der Waals surface area contributed by atoms with E-state index in [1.807, 2.05) is 30.3 Å². The zero-order valence-electron chi connectivity index (χ0n) is 14.6. The molecule has 138 valence electrons. The second kappa shape index (κ2) is 8.71. The monoisotopic (exact) mass is 365 g/mol. The number of carbonyl (C=O) groups is 2. The summed E-state index contributed by atoms with van der Waals surface area (Å²) >= 11 is 0. The molecule has 0 fully saturated rings. The van der Waals surface area contributed by atoms with E-state index in [4.69, 9.17) is 14.3 Å². The number of carboxylic acid groups (broad SMARTS) is 1. The van der Waals surface area contributed by atoms with Crippen molar-refractivity contribution in [3.8, 4) is 5.75 Å². The first kappa shape index (κ1) is 18.3. The minimum absolute atomic E-state index is 0.0723. The van der Waals surface area contributed by atoms with Crippen molar-refractivity contribution in [2.24, 2.45) is 0 Å². The summed E-state index contributed by atoms with van der Waals surface area (Å²) in [5.41, 5.74) is 2.14. The zero-order valence-corrected chi connectivity index (χ0v) is 14.6. The van der Waals surface area contributed by atoms with Crippen LogP contribution in [0.5, 0.6) is 5.75 Å². The highest BCUT2D eigenvalue weighted by molar-refractivity contribution is 6.03. The Hall–Kier alpha value is -3.54. The fourth-order valence-electron chi connectivity index (χ4n) is 2.52. The van der Waals surface area contributed by atoms with Crippen LogP contribution >= 0.6 is 0 Å². The SMILES string of the molecule is O=C(O)CCc1ccc(NC(=O)c2occc2COc2ccccc2)cc1. The highest BCUT2D eigenvalue weighted by Gasteiger charge is 2.16. The van der Waals surface area contributed by atoms with Crippen LogP contribution in [0.4, 0.5) is 5.69 Å². The second-order valence-electron chi connectivity index (χ2n) is 5.92. The van der Waals surface area contributed by atoms with Gasteiger partial charge in [-0.1, -0.05) is 30.3 Å². The number of carbonyl (C=O) groups excluding carboxylic acids is 1. The first-order valence-electron chi connectivity index (χ1n) is 8.48. The van der Waals surface area contributed by atoms with Crippen LogP contribution in [0.1, 0.15) is 28.1 Å². The summed E-state index contributed by atoms with van der Waals surface area (Å²) in [4.78, 5) is 23.1. The Morgan fingerprint density at radius 1 is 1.00 bits per heavy atom. The predicted molar refractivity (Wildman–Crippen MR) is 99.8 cm³/mol. The van der Waals surface area contributed by atoms with Gasteiger partial charge in [-0.3, -0.25) is 9.59 Å². The minimum atomic E-state index is -0.838. The van der Waals surface area contributed by atoms with E-state index in [9.17, 15) is 9.59 Å². The number of ether oxygens (including phenoxy) is 1. The molecule has 1 heterocycles. The van der Waals surface area contributed by atoms with Crippen LogP contribution < -0.4 is 10.1 Å². The Kier molecular flexibility index (Phi) is 5.89. The molecule has 0 radical (unpaired) electrons. The van der Waals surface area contributed by atoms with Crippen molar-refractivity contribution in [3.05, 3.63) is 83.8 Å². The molecule has 0 spiro atoms. The third-order valence-electron chi connectivity index (χ3n) is 3.93. The van der Waals surface area contributed by atoms with E-state index in [1.165, 1.54) is 6.26 Å². The Morgan fingerprint density at radius 3 is 2.44 bits per heavy atom. The van der Waals surface area contributed by atoms with Gasteiger partial charge in [-0.25, -0.2) is 0 Å². The molecular weight excluding hydrogens is 346 g/mol. The number of aryl methyl sites for hydroxylation is 1. The molecule has 0 aliphatic rings. The van der Waals surface area contributed by atoms with Gasteiger partial charge in [-0.15, -0.1) is 0 Å². The maximum Gasteiger partial charge on any atom is 0.303 e. The van der Waals surface area contributed by atoms with E-state index < -0.39 is 5.97 Å². The highest BCUT2D eigenvalue weighted by atomic mass is 16.5. The Labute approximate surface area is 156 Å². The molecule has 1 amide bonds. The van der Waals surface area contributed by atoms with Crippen molar-refractivity contribution in [1.82, 2.24) is 0 Å². The van der Waals surface area contributed by atoms with Crippen molar-refractivity contribution < 1.29 is 23.8 Å². The van der Waals surface area contributed by atoms with Crippen LogP contribution in [0.25, 0.3) is 0 Å². The highest BCUT2D eigenvalue weighted by Crippen LogP contribution is 2.18. The van der Waals surface area contributed by atoms with Gasteiger partial charge in [0.1, 0.15) is 12.4 Å². The molecule has 0 bridgehead atoms. The average Bonchev–Trinajstić information content (AvgIpc) is 3.15. The van der Waals surface area contributed by atoms with Gasteiger partial charge >= 0.3 is 5.97 Å². The number of para-hydroxylation sites is 1. The summed E-state index contributed by atoms with van der Waals surface area (Å²) in [6.07, 6.45) is 1.97. The number of nitrogens with one attached hydrogen (secondary N) is 1. The van der Waals surface area contributed by atoms with Gasteiger partial charge < -0.3 is 19.6 Å². The standard InChI is InChI=1S/C21H19NO5/c23-19(24)11-8-15-6-9-17(10-7-15)22-21(25)20-16(12-13-26-20)14-27-18-4-2-1-3-5-18/h1-7,9-10,12-13H,8,11,14H2,(H,22,25)(H,23,24). The maximum absolute atomic E-state index is 12.5. The number of benzene rings is 2. The number of rotatable bonds is 8. The van der Waals surface area contributed by atoms with Gasteiger partial charge in [-0.05, 0) is 42.3 Å². The molecule has 3 aromatic rings. The van der Waals surface area contributed by atoms with Crippen LogP contribution in [-0.4, -0.2) is 17.0 Å². The maximum atomic E-state index is 12.5. The number of amides is 1. The number of hydrogen-bond donors (Lipinski definition) is 2. The van der Waals surface area contributed by atoms with Crippen LogP contribution in [0.3, 0.4) is 0 Å². The van der Waals surface area contributed by atoms with E-state index in [0.29, 0.717) is 23.4 Å². The molecule has 6 nitrogen and oxygen atoms in total. The molecule has 0 unspecified atom stereocenters. The fourth-order valence-corrected chi connectivity index (χ4v) is 2.52. The predicted octanol–water partition coefficient (Wildman–Crippen LogP) is 4.13. The lowest BCUT2D eigenvalue weighted by atomic mass is 10.1. The summed E-state index contributed by atoms with van der Waals surface area (Å²) < 4.78 is 11.0. The Bertz CT molecular complexity index is 900. The van der Waals surface area contributed by atoms with Crippen molar-refractivity contribution in [1.29, 1.82) is 0 Å². The summed E-state index contributed by atoms with van der Waals surface area (Å²) in [6.45, 7) is 0.220. The minimum Gasteiger partial charge on any atom is -0.489 e. The molecule has 0 saturated heterocycles. The van der Waals surface area contributed by atoms with Gasteiger partial charge in [0.25, 0.3) is 5.91 Å². The van der Waals surface area contributed by atoms with Crippen molar-refractivity contribution in [2.75, 3.05) is 5.32 Å². The van der Waals surface area contributed by atoms with Gasteiger partial charge in [0, 0.05) is 17.7 Å². The normalized spacial score (nSPS) is 10.4. The van der Waals surface area contributed by atoms with Gasteiger partial charge in [0.05, 0.1) is 6.26 Å². The molecule has 0 aliphatic heterocycles. The Balaban J connectivity index is 1.60. The smallest absolute Gasteiger partial charge is 0.303 e. The third kappa shape index (κ3) is 5.22. The molecular formula is C21H19NO5. The topological polar surface area (TPSA) is 88.8 Å². The molecule has 6 heteroatoms.